The van der Waals surface area contributed by atoms with Crippen LogP contribution in [0.1, 0.15) is 0 Å². The smallest absolute Gasteiger partial charge is 0.487 e. The minimum atomic E-state index is -4.74. The van der Waals surface area contributed by atoms with E-state index in [1.807, 2.05) is 0 Å². The van der Waals surface area contributed by atoms with E-state index in [0.717, 1.165) is 6.07 Å². The van der Waals surface area contributed by atoms with Crippen LogP contribution < -0.4 is 9.47 Å². The Labute approximate surface area is 90.7 Å². The summed E-state index contributed by atoms with van der Waals surface area (Å²) < 4.78 is 49.5. The molecule has 0 aliphatic heterocycles. The SMILES string of the molecule is COCCOc1cc[c]cc1OC(F)(F)F. The van der Waals surface area contributed by atoms with E-state index in [4.69, 9.17) is 9.47 Å². The summed E-state index contributed by atoms with van der Waals surface area (Å²) in [6.45, 7) is 0.429. The Kier molecular flexibility index (Phi) is 4.42. The zero-order chi connectivity index (χ0) is 12.0. The van der Waals surface area contributed by atoms with Crippen molar-refractivity contribution < 1.29 is 27.4 Å². The number of alkyl halides is 3. The molecule has 0 atom stereocenters. The third kappa shape index (κ3) is 4.39. The lowest BCUT2D eigenvalue weighted by Crippen LogP contribution is -2.18. The van der Waals surface area contributed by atoms with Crippen LogP contribution in [0.4, 0.5) is 13.2 Å². The van der Waals surface area contributed by atoms with E-state index < -0.39 is 12.1 Å². The first-order valence-corrected chi connectivity index (χ1v) is 4.40. The lowest BCUT2D eigenvalue weighted by atomic mass is 10.3. The number of hydrogen-bond donors (Lipinski definition) is 0. The highest BCUT2D eigenvalue weighted by Gasteiger charge is 2.32. The molecule has 0 N–H and O–H groups in total. The fourth-order valence-corrected chi connectivity index (χ4v) is 0.959. The first kappa shape index (κ1) is 12.6. The first-order chi connectivity index (χ1) is 7.53. The van der Waals surface area contributed by atoms with Crippen LogP contribution in [-0.2, 0) is 4.74 Å². The van der Waals surface area contributed by atoms with Crippen molar-refractivity contribution in [3.8, 4) is 11.5 Å². The fraction of sp³-hybridized carbons (Fsp3) is 0.400. The molecule has 0 aromatic heterocycles. The topological polar surface area (TPSA) is 27.7 Å². The molecule has 89 valence electrons. The van der Waals surface area contributed by atoms with Gasteiger partial charge in [0.2, 0.25) is 0 Å². The van der Waals surface area contributed by atoms with Gasteiger partial charge in [-0.15, -0.1) is 13.2 Å². The summed E-state index contributed by atoms with van der Waals surface area (Å²) in [5.74, 6) is -0.403. The summed E-state index contributed by atoms with van der Waals surface area (Å²) in [4.78, 5) is 0. The minimum Gasteiger partial charge on any atom is -0.487 e. The molecule has 0 unspecified atom stereocenters. The minimum absolute atomic E-state index is 0.00752. The van der Waals surface area contributed by atoms with Crippen molar-refractivity contribution in [2.24, 2.45) is 0 Å². The molecular weight excluding hydrogens is 225 g/mol. The van der Waals surface area contributed by atoms with Gasteiger partial charge in [-0.1, -0.05) is 6.07 Å². The Morgan fingerprint density at radius 2 is 2.00 bits per heavy atom. The predicted octanol–water partition coefficient (Wildman–Crippen LogP) is 2.41. The molecule has 0 bridgehead atoms. The van der Waals surface area contributed by atoms with Crippen LogP contribution in [-0.4, -0.2) is 26.7 Å². The number of hydrogen-bond acceptors (Lipinski definition) is 3. The van der Waals surface area contributed by atoms with E-state index in [-0.39, 0.29) is 19.0 Å². The number of halogens is 3. The van der Waals surface area contributed by atoms with Crippen molar-refractivity contribution in [1.82, 2.24) is 0 Å². The van der Waals surface area contributed by atoms with Crippen LogP contribution in [0.25, 0.3) is 0 Å². The largest absolute Gasteiger partial charge is 0.573 e. The van der Waals surface area contributed by atoms with Crippen molar-refractivity contribution >= 4 is 0 Å². The highest BCUT2D eigenvalue weighted by Crippen LogP contribution is 2.31. The second-order valence-electron chi connectivity index (χ2n) is 2.76. The van der Waals surface area contributed by atoms with Crippen LogP contribution >= 0.6 is 0 Å². The van der Waals surface area contributed by atoms with Gasteiger partial charge in [0.1, 0.15) is 6.61 Å². The van der Waals surface area contributed by atoms with Gasteiger partial charge in [0.25, 0.3) is 0 Å². The maximum Gasteiger partial charge on any atom is 0.573 e. The van der Waals surface area contributed by atoms with Crippen LogP contribution in [0.5, 0.6) is 11.5 Å². The maximum absolute atomic E-state index is 12.0. The molecule has 0 heterocycles. The lowest BCUT2D eigenvalue weighted by Gasteiger charge is -2.13. The molecule has 3 nitrogen and oxygen atoms in total. The standard InChI is InChI=1S/C10H10F3O3/c1-14-6-7-15-8-4-2-3-5-9(8)16-10(11,12)13/h2,4-5H,6-7H2,1H3. The average Bonchev–Trinajstić information content (AvgIpc) is 2.19. The van der Waals surface area contributed by atoms with Crippen molar-refractivity contribution in [3.63, 3.8) is 0 Å². The predicted molar refractivity (Wildman–Crippen MR) is 49.3 cm³/mol. The number of rotatable bonds is 5. The first-order valence-electron chi connectivity index (χ1n) is 4.40. The molecule has 1 rings (SSSR count). The summed E-state index contributed by atoms with van der Waals surface area (Å²) in [5, 5.41) is 0. The second kappa shape index (κ2) is 5.60. The van der Waals surface area contributed by atoms with E-state index in [1.165, 1.54) is 19.2 Å². The molecule has 1 aromatic carbocycles. The summed E-state index contributed by atoms with van der Waals surface area (Å²) in [5.41, 5.74) is 0. The molecule has 1 aromatic rings. The van der Waals surface area contributed by atoms with Crippen molar-refractivity contribution in [1.29, 1.82) is 0 Å². The van der Waals surface area contributed by atoms with E-state index >= 15 is 0 Å². The van der Waals surface area contributed by atoms with Crippen molar-refractivity contribution in [2.45, 2.75) is 6.36 Å². The van der Waals surface area contributed by atoms with Gasteiger partial charge in [-0.2, -0.15) is 0 Å². The number of ether oxygens (including phenoxy) is 3. The van der Waals surface area contributed by atoms with Crippen LogP contribution in [0.2, 0.25) is 0 Å². The lowest BCUT2D eigenvalue weighted by molar-refractivity contribution is -0.275. The summed E-state index contributed by atoms with van der Waals surface area (Å²) in [7, 11) is 1.47. The third-order valence-corrected chi connectivity index (χ3v) is 1.56. The van der Waals surface area contributed by atoms with Gasteiger partial charge in [0.05, 0.1) is 6.61 Å². The van der Waals surface area contributed by atoms with Gasteiger partial charge in [-0.05, 0) is 18.2 Å². The molecule has 0 aliphatic rings. The zero-order valence-electron chi connectivity index (χ0n) is 8.50. The molecule has 0 saturated carbocycles. The summed E-state index contributed by atoms with van der Waals surface area (Å²) in [6, 6.07) is 6.32. The quantitative estimate of drug-likeness (QED) is 0.733. The number of methoxy groups -OCH3 is 1. The Morgan fingerprint density at radius 3 is 2.62 bits per heavy atom. The Hall–Kier alpha value is -1.43. The van der Waals surface area contributed by atoms with Gasteiger partial charge < -0.3 is 14.2 Å². The Balaban J connectivity index is 2.68. The molecule has 0 amide bonds. The molecule has 0 fully saturated rings. The second-order valence-corrected chi connectivity index (χ2v) is 2.76. The van der Waals surface area contributed by atoms with E-state index in [9.17, 15) is 13.2 Å². The van der Waals surface area contributed by atoms with E-state index in [0.29, 0.717) is 0 Å². The normalized spacial score (nSPS) is 11.2. The third-order valence-electron chi connectivity index (χ3n) is 1.56. The number of benzene rings is 1. The Bertz CT molecular complexity index is 325. The highest BCUT2D eigenvalue weighted by atomic mass is 19.4. The Morgan fingerprint density at radius 1 is 1.25 bits per heavy atom. The fourth-order valence-electron chi connectivity index (χ4n) is 0.959. The van der Waals surface area contributed by atoms with E-state index in [2.05, 4.69) is 10.8 Å². The van der Waals surface area contributed by atoms with Crippen LogP contribution in [0.3, 0.4) is 0 Å². The van der Waals surface area contributed by atoms with Gasteiger partial charge in [0, 0.05) is 7.11 Å². The van der Waals surface area contributed by atoms with Gasteiger partial charge in [-0.25, -0.2) is 0 Å². The molecular formula is C10H10F3O3. The van der Waals surface area contributed by atoms with Crippen molar-refractivity contribution in [3.05, 3.63) is 24.3 Å². The van der Waals surface area contributed by atoms with Gasteiger partial charge in [0.15, 0.2) is 11.5 Å². The summed E-state index contributed by atoms with van der Waals surface area (Å²) in [6.07, 6.45) is -4.74. The summed E-state index contributed by atoms with van der Waals surface area (Å²) >= 11 is 0. The molecule has 0 saturated heterocycles. The monoisotopic (exact) mass is 235 g/mol. The highest BCUT2D eigenvalue weighted by molar-refractivity contribution is 5.39. The maximum atomic E-state index is 12.0. The molecule has 1 radical (unpaired) electrons. The molecule has 0 spiro atoms. The molecule has 6 heteroatoms. The van der Waals surface area contributed by atoms with Crippen LogP contribution in [0, 0.1) is 6.07 Å². The van der Waals surface area contributed by atoms with Crippen molar-refractivity contribution in [2.75, 3.05) is 20.3 Å². The average molecular weight is 235 g/mol. The molecule has 0 aliphatic carbocycles. The van der Waals surface area contributed by atoms with Gasteiger partial charge in [-0.3, -0.25) is 0 Å². The van der Waals surface area contributed by atoms with Crippen LogP contribution in [0.15, 0.2) is 18.2 Å². The van der Waals surface area contributed by atoms with Gasteiger partial charge >= 0.3 is 6.36 Å². The van der Waals surface area contributed by atoms with E-state index in [1.54, 1.807) is 0 Å². The zero-order valence-corrected chi connectivity index (χ0v) is 8.50. The molecule has 16 heavy (non-hydrogen) atoms.